The predicted molar refractivity (Wildman–Crippen MR) is 97.7 cm³/mol. The van der Waals surface area contributed by atoms with Crippen LogP contribution < -0.4 is 11.1 Å². The van der Waals surface area contributed by atoms with Crippen LogP contribution in [0.2, 0.25) is 0 Å². The number of nitrogen functional groups attached to an aromatic ring is 1. The van der Waals surface area contributed by atoms with Crippen LogP contribution in [0.1, 0.15) is 16.1 Å². The molecule has 0 unspecified atom stereocenters. The molecule has 0 aliphatic rings. The van der Waals surface area contributed by atoms with Crippen LogP contribution in [0.25, 0.3) is 10.6 Å². The summed E-state index contributed by atoms with van der Waals surface area (Å²) in [5.74, 6) is -1.42. The molecule has 0 atom stereocenters. The van der Waals surface area contributed by atoms with Gasteiger partial charge in [-0.3, -0.25) is 4.79 Å². The number of aromatic nitrogens is 1. The van der Waals surface area contributed by atoms with Crippen molar-refractivity contribution in [3.05, 3.63) is 65.2 Å². The van der Waals surface area contributed by atoms with E-state index in [0.29, 0.717) is 11.4 Å². The molecule has 1 aromatic heterocycles. The minimum Gasteiger partial charge on any atom is -0.478 e. The second-order valence-electron chi connectivity index (χ2n) is 5.31. The van der Waals surface area contributed by atoms with Gasteiger partial charge in [0.05, 0.1) is 23.4 Å². The second-order valence-corrected chi connectivity index (χ2v) is 6.17. The fraction of sp³-hybridized carbons (Fsp3) is 0.0556. The van der Waals surface area contributed by atoms with Crippen LogP contribution in [0, 0.1) is 0 Å². The maximum absolute atomic E-state index is 12.2. The lowest BCUT2D eigenvalue weighted by molar-refractivity contribution is -0.115. The van der Waals surface area contributed by atoms with E-state index < -0.39 is 5.97 Å². The fourth-order valence-corrected chi connectivity index (χ4v) is 3.21. The molecule has 0 aliphatic carbocycles. The number of para-hydroxylation sites is 2. The normalized spacial score (nSPS) is 10.4. The second kappa shape index (κ2) is 7.14. The molecule has 0 aliphatic heterocycles. The van der Waals surface area contributed by atoms with Gasteiger partial charge in [0, 0.05) is 16.6 Å². The number of aromatic carboxylic acids is 1. The summed E-state index contributed by atoms with van der Waals surface area (Å²) in [6.07, 6.45) is 0.0528. The molecule has 0 saturated carbocycles. The third kappa shape index (κ3) is 3.84. The van der Waals surface area contributed by atoms with E-state index >= 15 is 0 Å². The average molecular weight is 353 g/mol. The number of carboxylic acids is 1. The fourth-order valence-electron chi connectivity index (χ4n) is 2.34. The third-order valence-corrected chi connectivity index (χ3v) is 4.44. The molecule has 1 amide bonds. The number of carbonyl (C=O) groups excluding carboxylic acids is 1. The number of carbonyl (C=O) groups is 2. The number of hydrogen-bond acceptors (Lipinski definition) is 5. The number of carboxylic acid groups (broad SMARTS) is 1. The van der Waals surface area contributed by atoms with Gasteiger partial charge in [-0.05, 0) is 24.3 Å². The van der Waals surface area contributed by atoms with Crippen molar-refractivity contribution in [3.63, 3.8) is 0 Å². The molecule has 6 nitrogen and oxygen atoms in total. The largest absolute Gasteiger partial charge is 0.478 e. The molecule has 0 spiro atoms. The highest BCUT2D eigenvalue weighted by Crippen LogP contribution is 2.28. The molecule has 0 fully saturated rings. The summed E-state index contributed by atoms with van der Waals surface area (Å²) in [7, 11) is 0. The maximum atomic E-state index is 12.2. The highest BCUT2D eigenvalue weighted by molar-refractivity contribution is 7.13. The Bertz CT molecular complexity index is 937. The quantitative estimate of drug-likeness (QED) is 0.611. The summed E-state index contributed by atoms with van der Waals surface area (Å²) in [5.41, 5.74) is 8.32. The number of nitrogens with zero attached hydrogens (tertiary/aromatic N) is 1. The number of thiazole rings is 1. The van der Waals surface area contributed by atoms with Crippen molar-refractivity contribution in [2.75, 3.05) is 11.1 Å². The van der Waals surface area contributed by atoms with Gasteiger partial charge in [0.15, 0.2) is 0 Å². The molecule has 0 radical (unpaired) electrons. The van der Waals surface area contributed by atoms with Crippen molar-refractivity contribution in [2.45, 2.75) is 6.42 Å². The molecule has 0 saturated heterocycles. The molecule has 3 aromatic rings. The average Bonchev–Trinajstić information content (AvgIpc) is 3.03. The highest BCUT2D eigenvalue weighted by atomic mass is 32.1. The lowest BCUT2D eigenvalue weighted by Crippen LogP contribution is -2.16. The van der Waals surface area contributed by atoms with Crippen molar-refractivity contribution < 1.29 is 14.7 Å². The Labute approximate surface area is 148 Å². The number of nitrogens with two attached hydrogens (primary N) is 1. The van der Waals surface area contributed by atoms with Gasteiger partial charge in [-0.25, -0.2) is 9.78 Å². The first-order valence-electron chi connectivity index (χ1n) is 7.46. The number of hydrogen-bond donors (Lipinski definition) is 3. The first kappa shape index (κ1) is 16.7. The Hall–Kier alpha value is -3.19. The summed E-state index contributed by atoms with van der Waals surface area (Å²) >= 11 is 1.41. The van der Waals surface area contributed by atoms with Gasteiger partial charge in [0.2, 0.25) is 5.91 Å². The van der Waals surface area contributed by atoms with E-state index in [4.69, 9.17) is 10.8 Å². The Kier molecular flexibility index (Phi) is 4.76. The standard InChI is InChI=1S/C18H15N3O3S/c19-14-7-3-1-5-12(14)17-20-11(10-25-17)9-16(22)21-15-8-4-2-6-13(15)18(23)24/h1-8,10H,9,19H2,(H,21,22)(H,23,24). The minimum atomic E-state index is -1.09. The predicted octanol–water partition coefficient (Wildman–Crippen LogP) is 3.27. The van der Waals surface area contributed by atoms with Crippen LogP contribution in [0.5, 0.6) is 0 Å². The molecule has 25 heavy (non-hydrogen) atoms. The van der Waals surface area contributed by atoms with E-state index in [2.05, 4.69) is 10.3 Å². The molecule has 0 bridgehead atoms. The first-order chi connectivity index (χ1) is 12.0. The van der Waals surface area contributed by atoms with Crippen molar-refractivity contribution >= 4 is 34.6 Å². The SMILES string of the molecule is Nc1ccccc1-c1nc(CC(=O)Nc2ccccc2C(=O)O)cs1. The Morgan fingerprint density at radius 3 is 2.60 bits per heavy atom. The first-order valence-corrected chi connectivity index (χ1v) is 8.34. The van der Waals surface area contributed by atoms with Gasteiger partial charge in [0.1, 0.15) is 5.01 Å². The van der Waals surface area contributed by atoms with Gasteiger partial charge >= 0.3 is 5.97 Å². The molecule has 2 aromatic carbocycles. The smallest absolute Gasteiger partial charge is 0.337 e. The van der Waals surface area contributed by atoms with E-state index in [1.54, 1.807) is 29.6 Å². The van der Waals surface area contributed by atoms with Gasteiger partial charge in [-0.15, -0.1) is 11.3 Å². The summed E-state index contributed by atoms with van der Waals surface area (Å²) in [6, 6.07) is 13.7. The number of benzene rings is 2. The van der Waals surface area contributed by atoms with Crippen molar-refractivity contribution in [1.82, 2.24) is 4.98 Å². The maximum Gasteiger partial charge on any atom is 0.337 e. The van der Waals surface area contributed by atoms with Crippen LogP contribution in [-0.2, 0) is 11.2 Å². The summed E-state index contributed by atoms with van der Waals surface area (Å²) in [4.78, 5) is 27.8. The number of rotatable bonds is 5. The van der Waals surface area contributed by atoms with Crippen molar-refractivity contribution in [1.29, 1.82) is 0 Å². The molecular formula is C18H15N3O3S. The Balaban J connectivity index is 1.73. The van der Waals surface area contributed by atoms with Gasteiger partial charge in [0.25, 0.3) is 0 Å². The van der Waals surface area contributed by atoms with Gasteiger partial charge in [-0.1, -0.05) is 24.3 Å². The zero-order valence-corrected chi connectivity index (χ0v) is 13.9. The van der Waals surface area contributed by atoms with Crippen molar-refractivity contribution in [2.24, 2.45) is 0 Å². The van der Waals surface area contributed by atoms with Crippen molar-refractivity contribution in [3.8, 4) is 10.6 Å². The lowest BCUT2D eigenvalue weighted by Gasteiger charge is -2.07. The third-order valence-electron chi connectivity index (χ3n) is 3.52. The zero-order chi connectivity index (χ0) is 17.8. The molecule has 126 valence electrons. The molecule has 4 N–H and O–H groups in total. The topological polar surface area (TPSA) is 105 Å². The van der Waals surface area contributed by atoms with Gasteiger partial charge < -0.3 is 16.2 Å². The minimum absolute atomic E-state index is 0.0480. The van der Waals surface area contributed by atoms with Gasteiger partial charge in [-0.2, -0.15) is 0 Å². The summed E-state index contributed by atoms with van der Waals surface area (Å²) in [6.45, 7) is 0. The lowest BCUT2D eigenvalue weighted by atomic mass is 10.1. The monoisotopic (exact) mass is 353 g/mol. The molecule has 3 rings (SSSR count). The summed E-state index contributed by atoms with van der Waals surface area (Å²) < 4.78 is 0. The zero-order valence-electron chi connectivity index (χ0n) is 13.1. The van der Waals surface area contributed by atoms with E-state index in [1.807, 2.05) is 18.2 Å². The number of nitrogens with one attached hydrogen (secondary N) is 1. The van der Waals surface area contributed by atoms with Crippen LogP contribution in [0.3, 0.4) is 0 Å². The van der Waals surface area contributed by atoms with E-state index in [-0.39, 0.29) is 23.6 Å². The summed E-state index contributed by atoms with van der Waals surface area (Å²) in [5, 5.41) is 14.3. The number of anilines is 2. The van der Waals surface area contributed by atoms with Crippen LogP contribution in [0.15, 0.2) is 53.9 Å². The molecule has 7 heteroatoms. The van der Waals surface area contributed by atoms with E-state index in [0.717, 1.165) is 10.6 Å². The molecule has 1 heterocycles. The van der Waals surface area contributed by atoms with Crippen LogP contribution in [-0.4, -0.2) is 22.0 Å². The Morgan fingerprint density at radius 1 is 1.12 bits per heavy atom. The Morgan fingerprint density at radius 2 is 1.84 bits per heavy atom. The van der Waals surface area contributed by atoms with Crippen LogP contribution >= 0.6 is 11.3 Å². The highest BCUT2D eigenvalue weighted by Gasteiger charge is 2.14. The number of amides is 1. The molecular weight excluding hydrogens is 338 g/mol. The van der Waals surface area contributed by atoms with Crippen LogP contribution in [0.4, 0.5) is 11.4 Å². The van der Waals surface area contributed by atoms with E-state index in [1.165, 1.54) is 17.4 Å². The van der Waals surface area contributed by atoms with E-state index in [9.17, 15) is 9.59 Å².